The van der Waals surface area contributed by atoms with Crippen LogP contribution in [0.2, 0.25) is 0 Å². The first-order valence-electron chi connectivity index (χ1n) is 6.56. The molecule has 16 heavy (non-hydrogen) atoms. The molecule has 1 rings (SSSR count). The molecule has 2 heteroatoms. The summed E-state index contributed by atoms with van der Waals surface area (Å²) in [5, 5.41) is 0. The lowest BCUT2D eigenvalue weighted by molar-refractivity contribution is 0.289. The molecule has 0 radical (unpaired) electrons. The largest absolute Gasteiger partial charge is 0.373 e. The van der Waals surface area contributed by atoms with E-state index >= 15 is 0 Å². The molecule has 0 spiro atoms. The SMILES string of the molecule is CC(C)C1=C(C(C)C)N(CCN(C)C)CC1. The molecule has 1 aliphatic heterocycles. The smallest absolute Gasteiger partial charge is 0.0302 e. The van der Waals surface area contributed by atoms with Crippen molar-refractivity contribution in [3.63, 3.8) is 0 Å². The molecular formula is C14H28N2. The summed E-state index contributed by atoms with van der Waals surface area (Å²) < 4.78 is 0. The Hall–Kier alpha value is -0.500. The minimum atomic E-state index is 0.669. The van der Waals surface area contributed by atoms with E-state index < -0.39 is 0 Å². The summed E-state index contributed by atoms with van der Waals surface area (Å²) in [4.78, 5) is 4.87. The fourth-order valence-electron chi connectivity index (χ4n) is 2.58. The number of hydrogen-bond donors (Lipinski definition) is 0. The van der Waals surface area contributed by atoms with Crippen LogP contribution in [0.15, 0.2) is 11.3 Å². The van der Waals surface area contributed by atoms with Gasteiger partial charge < -0.3 is 9.80 Å². The number of hydrogen-bond acceptors (Lipinski definition) is 2. The van der Waals surface area contributed by atoms with Crippen molar-refractivity contribution in [1.82, 2.24) is 9.80 Å². The molecule has 0 saturated carbocycles. The van der Waals surface area contributed by atoms with Gasteiger partial charge in [0, 0.05) is 25.3 Å². The van der Waals surface area contributed by atoms with Crippen LogP contribution in [0.1, 0.15) is 34.1 Å². The van der Waals surface area contributed by atoms with Gasteiger partial charge in [0.1, 0.15) is 0 Å². The Morgan fingerprint density at radius 2 is 1.75 bits per heavy atom. The maximum absolute atomic E-state index is 2.60. The molecule has 0 bridgehead atoms. The molecule has 0 aromatic rings. The molecule has 0 aromatic carbocycles. The number of rotatable bonds is 5. The van der Waals surface area contributed by atoms with Gasteiger partial charge in [-0.25, -0.2) is 0 Å². The summed E-state index contributed by atoms with van der Waals surface area (Å²) in [6.07, 6.45) is 1.28. The molecule has 1 aliphatic rings. The maximum atomic E-state index is 2.60. The standard InChI is InChI=1S/C14H28N2/c1-11(2)13-7-8-16(10-9-15(5)6)14(13)12(3)4/h11-12H,7-10H2,1-6H3. The zero-order valence-electron chi connectivity index (χ0n) is 11.9. The van der Waals surface area contributed by atoms with Gasteiger partial charge in [0.15, 0.2) is 0 Å². The summed E-state index contributed by atoms with van der Waals surface area (Å²) in [5.74, 6) is 1.38. The van der Waals surface area contributed by atoms with Gasteiger partial charge in [0.25, 0.3) is 0 Å². The Morgan fingerprint density at radius 1 is 1.12 bits per heavy atom. The minimum absolute atomic E-state index is 0.669. The average molecular weight is 224 g/mol. The monoisotopic (exact) mass is 224 g/mol. The molecule has 0 aliphatic carbocycles. The summed E-state index contributed by atoms with van der Waals surface area (Å²) >= 11 is 0. The van der Waals surface area contributed by atoms with Crippen LogP contribution in [0.4, 0.5) is 0 Å². The van der Waals surface area contributed by atoms with Crippen LogP contribution in [0, 0.1) is 11.8 Å². The number of likely N-dealkylation sites (N-methyl/N-ethyl adjacent to an activating group) is 1. The van der Waals surface area contributed by atoms with Gasteiger partial charge in [-0.1, -0.05) is 27.7 Å². The molecule has 1 heterocycles. The molecule has 0 fully saturated rings. The maximum Gasteiger partial charge on any atom is 0.0302 e. The van der Waals surface area contributed by atoms with E-state index in [4.69, 9.17) is 0 Å². The van der Waals surface area contributed by atoms with Crippen molar-refractivity contribution in [2.75, 3.05) is 33.7 Å². The van der Waals surface area contributed by atoms with Crippen LogP contribution < -0.4 is 0 Å². The van der Waals surface area contributed by atoms with E-state index in [1.54, 1.807) is 11.3 Å². The van der Waals surface area contributed by atoms with Crippen LogP contribution in [0.5, 0.6) is 0 Å². The van der Waals surface area contributed by atoms with E-state index in [0.717, 1.165) is 6.54 Å². The third-order valence-electron chi connectivity index (χ3n) is 3.38. The van der Waals surface area contributed by atoms with Crippen LogP contribution in [-0.2, 0) is 0 Å². The van der Waals surface area contributed by atoms with Crippen molar-refractivity contribution in [3.05, 3.63) is 11.3 Å². The van der Waals surface area contributed by atoms with E-state index in [0.29, 0.717) is 11.8 Å². The molecule has 0 amide bonds. The van der Waals surface area contributed by atoms with Crippen LogP contribution in [0.25, 0.3) is 0 Å². The normalized spacial score (nSPS) is 17.4. The van der Waals surface area contributed by atoms with E-state index in [2.05, 4.69) is 51.6 Å². The summed E-state index contributed by atoms with van der Waals surface area (Å²) in [6.45, 7) is 12.9. The van der Waals surface area contributed by atoms with E-state index in [9.17, 15) is 0 Å². The van der Waals surface area contributed by atoms with Crippen LogP contribution in [0.3, 0.4) is 0 Å². The average Bonchev–Trinajstić information content (AvgIpc) is 2.57. The Kier molecular flexibility index (Phi) is 4.85. The molecule has 0 saturated heterocycles. The van der Waals surface area contributed by atoms with Crippen molar-refractivity contribution in [3.8, 4) is 0 Å². The van der Waals surface area contributed by atoms with E-state index in [1.807, 2.05) is 0 Å². The first-order valence-corrected chi connectivity index (χ1v) is 6.56. The first kappa shape index (κ1) is 13.6. The highest BCUT2D eigenvalue weighted by Crippen LogP contribution is 2.32. The predicted octanol–water partition coefficient (Wildman–Crippen LogP) is 2.82. The summed E-state index contributed by atoms with van der Waals surface area (Å²) in [6, 6.07) is 0. The lowest BCUT2D eigenvalue weighted by Crippen LogP contribution is -2.31. The highest BCUT2D eigenvalue weighted by Gasteiger charge is 2.25. The molecule has 0 N–H and O–H groups in total. The van der Waals surface area contributed by atoms with Crippen LogP contribution in [-0.4, -0.2) is 43.5 Å². The molecule has 94 valence electrons. The Labute approximate surface area is 101 Å². The quantitative estimate of drug-likeness (QED) is 0.708. The second-order valence-electron chi connectivity index (χ2n) is 5.76. The fraction of sp³-hybridized carbons (Fsp3) is 0.857. The molecule has 0 aromatic heterocycles. The van der Waals surface area contributed by atoms with Crippen molar-refractivity contribution in [2.24, 2.45) is 11.8 Å². The first-order chi connectivity index (χ1) is 7.43. The minimum Gasteiger partial charge on any atom is -0.373 e. The highest BCUT2D eigenvalue weighted by atomic mass is 15.2. The second kappa shape index (κ2) is 5.72. The van der Waals surface area contributed by atoms with Crippen molar-refractivity contribution in [2.45, 2.75) is 34.1 Å². The zero-order valence-corrected chi connectivity index (χ0v) is 11.9. The van der Waals surface area contributed by atoms with Gasteiger partial charge in [0.05, 0.1) is 0 Å². The summed E-state index contributed by atoms with van der Waals surface area (Å²) in [7, 11) is 4.30. The topological polar surface area (TPSA) is 6.48 Å². The lowest BCUT2D eigenvalue weighted by atomic mass is 9.96. The third kappa shape index (κ3) is 3.24. The van der Waals surface area contributed by atoms with E-state index in [-0.39, 0.29) is 0 Å². The van der Waals surface area contributed by atoms with Gasteiger partial charge in [-0.05, 0) is 37.9 Å². The molecule has 0 atom stereocenters. The molecule has 0 unspecified atom stereocenters. The third-order valence-corrected chi connectivity index (χ3v) is 3.38. The van der Waals surface area contributed by atoms with Crippen molar-refractivity contribution in [1.29, 1.82) is 0 Å². The summed E-state index contributed by atoms with van der Waals surface area (Å²) in [5.41, 5.74) is 3.31. The van der Waals surface area contributed by atoms with Crippen molar-refractivity contribution < 1.29 is 0 Å². The lowest BCUT2D eigenvalue weighted by Gasteiger charge is -2.27. The number of nitrogens with zero attached hydrogens (tertiary/aromatic N) is 2. The molecule has 2 nitrogen and oxygen atoms in total. The van der Waals surface area contributed by atoms with Crippen molar-refractivity contribution >= 4 is 0 Å². The van der Waals surface area contributed by atoms with Gasteiger partial charge in [0.2, 0.25) is 0 Å². The fourth-order valence-corrected chi connectivity index (χ4v) is 2.58. The second-order valence-corrected chi connectivity index (χ2v) is 5.76. The van der Waals surface area contributed by atoms with Gasteiger partial charge in [-0.3, -0.25) is 0 Å². The highest BCUT2D eigenvalue weighted by molar-refractivity contribution is 5.22. The number of allylic oxidation sites excluding steroid dienone is 1. The van der Waals surface area contributed by atoms with E-state index in [1.165, 1.54) is 19.5 Å². The van der Waals surface area contributed by atoms with Crippen LogP contribution >= 0.6 is 0 Å². The van der Waals surface area contributed by atoms with Gasteiger partial charge in [-0.2, -0.15) is 0 Å². The molecular weight excluding hydrogens is 196 g/mol. The van der Waals surface area contributed by atoms with Gasteiger partial charge >= 0.3 is 0 Å². The Bertz CT molecular complexity index is 251. The van der Waals surface area contributed by atoms with Gasteiger partial charge in [-0.15, -0.1) is 0 Å². The predicted molar refractivity (Wildman–Crippen MR) is 71.4 cm³/mol. The Morgan fingerprint density at radius 3 is 2.19 bits per heavy atom. The Balaban J connectivity index is 2.73. The zero-order chi connectivity index (χ0) is 12.3.